The largest absolute Gasteiger partial charge is 0.457 e. The van der Waals surface area contributed by atoms with Gasteiger partial charge >= 0.3 is 0 Å². The Kier molecular flexibility index (Phi) is 6.92. The summed E-state index contributed by atoms with van der Waals surface area (Å²) in [7, 11) is 2.43. The number of carbonyl (C=O) groups excluding carboxylic acids is 1. The molecule has 1 N–H and O–H groups in total. The fourth-order valence-corrected chi connectivity index (χ4v) is 2.29. The highest BCUT2D eigenvalue weighted by molar-refractivity contribution is 7.18. The number of aryl methyl sites for hydroxylation is 1. The minimum atomic E-state index is 0.0864. The van der Waals surface area contributed by atoms with Crippen LogP contribution in [0, 0.1) is 0 Å². The summed E-state index contributed by atoms with van der Waals surface area (Å²) in [6.07, 6.45) is 3.49. The Hall–Kier alpha value is -1.86. The minimum absolute atomic E-state index is 0.0864. The maximum absolute atomic E-state index is 11.1. The number of rotatable bonds is 8. The Morgan fingerprint density at radius 2 is 1.77 bits per heavy atom. The van der Waals surface area contributed by atoms with Gasteiger partial charge in [0, 0.05) is 12.7 Å². The molecule has 2 aromatic carbocycles. The molecular weight excluding hydrogens is 293 g/mol. The summed E-state index contributed by atoms with van der Waals surface area (Å²) >= 11 is 0. The summed E-state index contributed by atoms with van der Waals surface area (Å²) in [6, 6.07) is 18.0. The van der Waals surface area contributed by atoms with Gasteiger partial charge in [-0.15, -0.1) is 9.24 Å². The molecule has 0 aliphatic heterocycles. The molecule has 0 heterocycles. The normalized spacial score (nSPS) is 10.2. The number of amides is 1. The van der Waals surface area contributed by atoms with Crippen molar-refractivity contribution in [1.82, 2.24) is 5.32 Å². The molecule has 0 aliphatic rings. The van der Waals surface area contributed by atoms with Gasteiger partial charge < -0.3 is 10.1 Å². The van der Waals surface area contributed by atoms with Crippen molar-refractivity contribution in [1.29, 1.82) is 0 Å². The number of hydrogen-bond acceptors (Lipinski definition) is 2. The molecule has 4 heteroatoms. The van der Waals surface area contributed by atoms with E-state index in [-0.39, 0.29) is 5.91 Å². The van der Waals surface area contributed by atoms with Gasteiger partial charge in [0.1, 0.15) is 11.5 Å². The van der Waals surface area contributed by atoms with Gasteiger partial charge in [0.15, 0.2) is 0 Å². The molecule has 2 rings (SSSR count). The zero-order valence-corrected chi connectivity index (χ0v) is 13.8. The van der Waals surface area contributed by atoms with Crippen molar-refractivity contribution in [2.45, 2.75) is 19.3 Å². The van der Waals surface area contributed by atoms with Gasteiger partial charge in [-0.3, -0.25) is 4.79 Å². The van der Waals surface area contributed by atoms with E-state index in [9.17, 15) is 4.79 Å². The van der Waals surface area contributed by atoms with Crippen molar-refractivity contribution < 1.29 is 9.53 Å². The van der Waals surface area contributed by atoms with Crippen molar-refractivity contribution in [3.8, 4) is 11.5 Å². The highest BCUT2D eigenvalue weighted by Gasteiger charge is 2.00. The van der Waals surface area contributed by atoms with E-state index in [1.54, 1.807) is 0 Å². The standard InChI is InChI=1S/C18H22NO2P/c20-18(14-22)19-12-5-4-7-15-8-6-11-17(13-15)21-16-9-2-1-3-10-16/h1-3,6,8-11,13H,4-5,7,12,14,22H2,(H,19,20). The molecule has 1 amide bonds. The molecular formula is C18H22NO2P. The third-order valence-corrected chi connectivity index (χ3v) is 3.65. The van der Waals surface area contributed by atoms with E-state index in [4.69, 9.17) is 4.74 Å². The van der Waals surface area contributed by atoms with Gasteiger partial charge in [-0.2, -0.15) is 0 Å². The number of benzene rings is 2. The van der Waals surface area contributed by atoms with E-state index < -0.39 is 0 Å². The van der Waals surface area contributed by atoms with Crippen molar-refractivity contribution in [3.05, 3.63) is 60.2 Å². The van der Waals surface area contributed by atoms with Crippen LogP contribution in [0.4, 0.5) is 0 Å². The second kappa shape index (κ2) is 9.22. The first-order valence-electron chi connectivity index (χ1n) is 7.56. The first kappa shape index (κ1) is 16.5. The number of carbonyl (C=O) groups is 1. The highest BCUT2D eigenvalue weighted by Crippen LogP contribution is 2.22. The van der Waals surface area contributed by atoms with Gasteiger partial charge in [-0.1, -0.05) is 30.3 Å². The molecule has 0 radical (unpaired) electrons. The van der Waals surface area contributed by atoms with E-state index >= 15 is 0 Å². The molecule has 2 aromatic rings. The lowest BCUT2D eigenvalue weighted by atomic mass is 10.1. The zero-order valence-electron chi connectivity index (χ0n) is 12.6. The van der Waals surface area contributed by atoms with Crippen molar-refractivity contribution >= 4 is 15.1 Å². The van der Waals surface area contributed by atoms with Crippen molar-refractivity contribution in [3.63, 3.8) is 0 Å². The Morgan fingerprint density at radius 1 is 1.00 bits per heavy atom. The number of hydrogen-bond donors (Lipinski definition) is 1. The van der Waals surface area contributed by atoms with Gasteiger partial charge in [-0.25, -0.2) is 0 Å². The topological polar surface area (TPSA) is 38.3 Å². The average molecular weight is 315 g/mol. The van der Waals surface area contributed by atoms with Gasteiger partial charge in [0.25, 0.3) is 0 Å². The molecule has 0 spiro atoms. The van der Waals surface area contributed by atoms with Gasteiger partial charge in [0.05, 0.1) is 0 Å². The molecule has 0 saturated carbocycles. The molecule has 22 heavy (non-hydrogen) atoms. The second-order valence-corrected chi connectivity index (χ2v) is 5.48. The third kappa shape index (κ3) is 5.87. The Balaban J connectivity index is 1.78. The van der Waals surface area contributed by atoms with Crippen LogP contribution in [0.5, 0.6) is 11.5 Å². The molecule has 0 aliphatic carbocycles. The molecule has 1 atom stereocenters. The summed E-state index contributed by atoms with van der Waals surface area (Å²) < 4.78 is 5.83. The maximum atomic E-state index is 11.1. The Morgan fingerprint density at radius 3 is 2.55 bits per heavy atom. The summed E-state index contributed by atoms with van der Waals surface area (Å²) in [5.41, 5.74) is 1.26. The quantitative estimate of drug-likeness (QED) is 0.594. The lowest BCUT2D eigenvalue weighted by Crippen LogP contribution is -2.25. The number of ether oxygens (including phenoxy) is 1. The smallest absolute Gasteiger partial charge is 0.223 e. The molecule has 3 nitrogen and oxygen atoms in total. The van der Waals surface area contributed by atoms with E-state index in [2.05, 4.69) is 26.7 Å². The highest BCUT2D eigenvalue weighted by atomic mass is 31.0. The van der Waals surface area contributed by atoms with Crippen LogP contribution in [0.2, 0.25) is 0 Å². The molecule has 0 saturated heterocycles. The minimum Gasteiger partial charge on any atom is -0.457 e. The van der Waals surface area contributed by atoms with Crippen LogP contribution in [0.15, 0.2) is 54.6 Å². The fraction of sp³-hybridized carbons (Fsp3) is 0.278. The summed E-state index contributed by atoms with van der Waals surface area (Å²) in [4.78, 5) is 11.1. The van der Waals surface area contributed by atoms with Gasteiger partial charge in [-0.05, 0) is 49.1 Å². The molecule has 0 bridgehead atoms. The van der Waals surface area contributed by atoms with Crippen molar-refractivity contribution in [2.75, 3.05) is 12.7 Å². The monoisotopic (exact) mass is 315 g/mol. The second-order valence-electron chi connectivity index (χ2n) is 5.07. The predicted molar refractivity (Wildman–Crippen MR) is 93.5 cm³/mol. The lowest BCUT2D eigenvalue weighted by Gasteiger charge is -2.08. The Labute approximate surface area is 134 Å². The molecule has 1 unspecified atom stereocenters. The lowest BCUT2D eigenvalue weighted by molar-refractivity contribution is -0.118. The van der Waals surface area contributed by atoms with Crippen LogP contribution < -0.4 is 10.1 Å². The first-order valence-corrected chi connectivity index (χ1v) is 8.38. The maximum Gasteiger partial charge on any atom is 0.223 e. The summed E-state index contributed by atoms with van der Waals surface area (Å²) in [5, 5.41) is 2.88. The van der Waals surface area contributed by atoms with Crippen LogP contribution in [-0.2, 0) is 11.2 Å². The van der Waals surface area contributed by atoms with Crippen LogP contribution in [0.1, 0.15) is 18.4 Å². The number of para-hydroxylation sites is 1. The molecule has 0 fully saturated rings. The average Bonchev–Trinajstić information content (AvgIpc) is 2.55. The van der Waals surface area contributed by atoms with E-state index in [0.29, 0.717) is 6.16 Å². The SMILES string of the molecule is O=C(CP)NCCCCc1cccc(Oc2ccccc2)c1. The van der Waals surface area contributed by atoms with Crippen LogP contribution in [0.3, 0.4) is 0 Å². The van der Waals surface area contributed by atoms with Crippen LogP contribution in [0.25, 0.3) is 0 Å². The van der Waals surface area contributed by atoms with E-state index in [0.717, 1.165) is 37.3 Å². The first-order chi connectivity index (χ1) is 10.8. The number of unbranched alkanes of at least 4 members (excludes halogenated alkanes) is 1. The van der Waals surface area contributed by atoms with E-state index in [1.807, 2.05) is 42.5 Å². The zero-order chi connectivity index (χ0) is 15.6. The van der Waals surface area contributed by atoms with Gasteiger partial charge in [0.2, 0.25) is 5.91 Å². The number of nitrogens with one attached hydrogen (secondary N) is 1. The molecule has 116 valence electrons. The van der Waals surface area contributed by atoms with Crippen LogP contribution >= 0.6 is 9.24 Å². The molecule has 0 aromatic heterocycles. The van der Waals surface area contributed by atoms with Crippen molar-refractivity contribution in [2.24, 2.45) is 0 Å². The van der Waals surface area contributed by atoms with E-state index in [1.165, 1.54) is 5.56 Å². The summed E-state index contributed by atoms with van der Waals surface area (Å²) in [6.45, 7) is 0.743. The Bertz CT molecular complexity index is 587. The predicted octanol–water partition coefficient (Wildman–Crippen LogP) is 3.79. The summed E-state index contributed by atoms with van der Waals surface area (Å²) in [5.74, 6) is 1.79. The van der Waals surface area contributed by atoms with Crippen LogP contribution in [-0.4, -0.2) is 18.6 Å². The third-order valence-electron chi connectivity index (χ3n) is 3.28. The fourth-order valence-electron chi connectivity index (χ4n) is 2.14.